The van der Waals surface area contributed by atoms with Crippen LogP contribution in [-0.2, 0) is 15.0 Å². The van der Waals surface area contributed by atoms with E-state index >= 15 is 0 Å². The van der Waals surface area contributed by atoms with Crippen LogP contribution >= 0.6 is 17.0 Å². The van der Waals surface area contributed by atoms with Gasteiger partial charge in [0, 0.05) is 0 Å². The molecule has 186 valence electrons. The van der Waals surface area contributed by atoms with Crippen LogP contribution in [0.15, 0.2) is 58.2 Å². The molecular weight excluding hydrogens is 563 g/mol. The summed E-state index contributed by atoms with van der Waals surface area (Å²) in [6.07, 6.45) is 0. The van der Waals surface area contributed by atoms with Crippen molar-refractivity contribution in [2.45, 2.75) is 82.7 Å². The van der Waals surface area contributed by atoms with E-state index in [1.54, 1.807) is 0 Å². The summed E-state index contributed by atoms with van der Waals surface area (Å²) in [6.45, 7) is 25.4. The van der Waals surface area contributed by atoms with Gasteiger partial charge in [-0.15, -0.1) is 0 Å². The van der Waals surface area contributed by atoms with Crippen molar-refractivity contribution in [3.63, 3.8) is 0 Å². The van der Waals surface area contributed by atoms with Crippen LogP contribution in [0.5, 0.6) is 0 Å². The average Bonchev–Trinajstić information content (AvgIpc) is 3.24. The number of hydrogen-bond acceptors (Lipinski definition) is 0. The van der Waals surface area contributed by atoms with E-state index in [4.69, 9.17) is 17.0 Å². The van der Waals surface area contributed by atoms with Gasteiger partial charge in [0.15, 0.2) is 0 Å². The Kier molecular flexibility index (Phi) is 7.02. The second kappa shape index (κ2) is 8.97. The van der Waals surface area contributed by atoms with Crippen molar-refractivity contribution in [3.05, 3.63) is 97.1 Å². The summed E-state index contributed by atoms with van der Waals surface area (Å²) in [4.78, 5) is 0. The fraction of sp³-hybridized carbons (Fsp3) is 0.419. The molecule has 0 saturated carbocycles. The summed E-state index contributed by atoms with van der Waals surface area (Å²) in [6, 6.07) is 10.9. The standard InChI is InChI=1S/C20H21.C9H13.C2H6Si.2ClH.Zr/c1-12-11-18-15(4)13(2)14(3)16(5)20(18)19(12)17-9-7-6-8-10-17;1-6-5-7(2)9(4)8(6)3;1-3-2;;;/h6-11H,1-5H3;5H,1-4H3;1-2H3;2*1H;/q;;;;;+2/p-2. The molecule has 4 heteroatoms. The van der Waals surface area contributed by atoms with Crippen molar-refractivity contribution >= 4 is 28.0 Å². The molecule has 2 aromatic rings. The van der Waals surface area contributed by atoms with Gasteiger partial charge in [-0.1, -0.05) is 0 Å². The molecule has 2 aliphatic carbocycles. The van der Waals surface area contributed by atoms with Gasteiger partial charge in [0.25, 0.3) is 0 Å². The summed E-state index contributed by atoms with van der Waals surface area (Å²) in [7, 11) is 16.7. The van der Waals surface area contributed by atoms with Crippen molar-refractivity contribution in [3.8, 4) is 0 Å². The Labute approximate surface area is 221 Å². The summed E-state index contributed by atoms with van der Waals surface area (Å²) >= 11 is -4.63. The van der Waals surface area contributed by atoms with Gasteiger partial charge in [0.2, 0.25) is 0 Å². The first-order valence-electron chi connectivity index (χ1n) is 12.8. The van der Waals surface area contributed by atoms with E-state index in [9.17, 15) is 0 Å². The normalized spacial score (nSPS) is 19.3. The molecule has 2 aromatic carbocycles. The van der Waals surface area contributed by atoms with Gasteiger partial charge in [-0.25, -0.2) is 0 Å². The van der Waals surface area contributed by atoms with Crippen LogP contribution in [0, 0.1) is 27.7 Å². The van der Waals surface area contributed by atoms with Crippen LogP contribution in [0.25, 0.3) is 5.57 Å². The number of hydrogen-bond donors (Lipinski definition) is 0. The van der Waals surface area contributed by atoms with Crippen molar-refractivity contribution in [1.29, 1.82) is 0 Å². The second-order valence-electron chi connectivity index (χ2n) is 11.3. The third kappa shape index (κ3) is 3.60. The minimum atomic E-state index is -4.63. The van der Waals surface area contributed by atoms with E-state index < -0.39 is 20.4 Å². The number of halogens is 2. The predicted molar refractivity (Wildman–Crippen MR) is 156 cm³/mol. The molecule has 1 unspecified atom stereocenters. The monoisotopic (exact) mass is 600 g/mol. The number of rotatable bonds is 3. The van der Waals surface area contributed by atoms with Crippen LogP contribution in [0.3, 0.4) is 0 Å². The van der Waals surface area contributed by atoms with E-state index in [0.717, 1.165) is 0 Å². The Hall–Kier alpha value is -0.660. The fourth-order valence-electron chi connectivity index (χ4n) is 7.11. The number of benzene rings is 2. The first-order valence-corrected chi connectivity index (χ1v) is 28.1. The van der Waals surface area contributed by atoms with Crippen molar-refractivity contribution in [2.75, 3.05) is 0 Å². The molecule has 0 nitrogen and oxygen atoms in total. The molecule has 0 amide bonds. The van der Waals surface area contributed by atoms with Crippen molar-refractivity contribution < 1.29 is 15.0 Å². The van der Waals surface area contributed by atoms with Crippen molar-refractivity contribution in [1.82, 2.24) is 0 Å². The van der Waals surface area contributed by atoms with Crippen LogP contribution < -0.4 is 0 Å². The van der Waals surface area contributed by atoms with Gasteiger partial charge in [0.1, 0.15) is 0 Å². The van der Waals surface area contributed by atoms with Gasteiger partial charge >= 0.3 is 223 Å². The molecule has 0 fully saturated rings. The molecule has 0 radical (unpaired) electrons. The molecule has 2 aliphatic rings. The van der Waals surface area contributed by atoms with E-state index in [2.05, 4.69) is 106 Å². The first-order chi connectivity index (χ1) is 16.2. The quantitative estimate of drug-likeness (QED) is 0.307. The molecule has 1 atom stereocenters. The van der Waals surface area contributed by atoms with Gasteiger partial charge in [-0.3, -0.25) is 0 Å². The molecule has 35 heavy (non-hydrogen) atoms. The van der Waals surface area contributed by atoms with Gasteiger partial charge in [-0.05, 0) is 0 Å². The van der Waals surface area contributed by atoms with E-state index in [1.807, 2.05) is 0 Å². The minimum absolute atomic E-state index is 0.125. The van der Waals surface area contributed by atoms with Gasteiger partial charge in [0.05, 0.1) is 0 Å². The number of allylic oxidation sites excluding steroid dienone is 5. The Bertz CT molecular complexity index is 1420. The molecule has 0 bridgehead atoms. The van der Waals surface area contributed by atoms with E-state index in [0.29, 0.717) is 0 Å². The first kappa shape index (κ1) is 27.4. The zero-order valence-electron chi connectivity index (χ0n) is 23.3. The fourth-order valence-corrected chi connectivity index (χ4v) is 38.9. The molecule has 0 saturated heterocycles. The molecule has 0 N–H and O–H groups in total. The van der Waals surface area contributed by atoms with Gasteiger partial charge in [-0.2, -0.15) is 0 Å². The molecule has 0 spiro atoms. The van der Waals surface area contributed by atoms with E-state index in [-0.39, 0.29) is 7.25 Å². The third-order valence-electron chi connectivity index (χ3n) is 9.79. The Morgan fingerprint density at radius 2 is 1.11 bits per heavy atom. The zero-order valence-corrected chi connectivity index (χ0v) is 28.3. The topological polar surface area (TPSA) is 0 Å². The van der Waals surface area contributed by atoms with Crippen LogP contribution in [0.4, 0.5) is 0 Å². The van der Waals surface area contributed by atoms with Crippen molar-refractivity contribution in [2.24, 2.45) is 0 Å². The molecule has 4 rings (SSSR count). The molecular formula is C31H40Cl2SiZr. The average molecular weight is 603 g/mol. The second-order valence-corrected chi connectivity index (χ2v) is 50.1. The van der Waals surface area contributed by atoms with Crippen LogP contribution in [0.1, 0.15) is 77.2 Å². The molecule has 0 heterocycles. The summed E-state index contributed by atoms with van der Waals surface area (Å²) < 4.78 is 0.327. The summed E-state index contributed by atoms with van der Waals surface area (Å²) in [5.41, 5.74) is 17.0. The summed E-state index contributed by atoms with van der Waals surface area (Å²) in [5, 5.41) is 0. The third-order valence-corrected chi connectivity index (χ3v) is 56.9. The Morgan fingerprint density at radius 1 is 0.629 bits per heavy atom. The van der Waals surface area contributed by atoms with Crippen LogP contribution in [0.2, 0.25) is 16.7 Å². The Morgan fingerprint density at radius 3 is 1.60 bits per heavy atom. The Balaban J connectivity index is 2.23. The number of fused-ring (bicyclic) bond motifs is 1. The van der Waals surface area contributed by atoms with Crippen LogP contribution in [-0.4, -0.2) is 5.43 Å². The molecule has 0 aliphatic heterocycles. The van der Waals surface area contributed by atoms with Gasteiger partial charge < -0.3 is 0 Å². The zero-order chi connectivity index (χ0) is 26.2. The summed E-state index contributed by atoms with van der Waals surface area (Å²) in [5.74, 6) is 0. The predicted octanol–water partition coefficient (Wildman–Crippen LogP) is 10.5. The maximum absolute atomic E-state index is 8.37. The maximum atomic E-state index is 8.37. The SMILES string of the molecule is CC1=C(C)[CH]([Zr]([Cl])([Cl])([CH]2C(C)=C(c3ccccc3)c3c(C)c(C)c(C)c(C)c32)=[Si](C)C)C(C)=C1C. The van der Waals surface area contributed by atoms with E-state index in [1.165, 1.54) is 72.4 Å². The molecule has 0 aromatic heterocycles.